The van der Waals surface area contributed by atoms with Gasteiger partial charge in [0.05, 0.1) is 11.5 Å². The topological polar surface area (TPSA) is 60.9 Å². The van der Waals surface area contributed by atoms with Crippen LogP contribution in [0.3, 0.4) is 0 Å². The minimum absolute atomic E-state index is 0.000938. The molecule has 0 aliphatic carbocycles. The van der Waals surface area contributed by atoms with Gasteiger partial charge in [-0.05, 0) is 5.92 Å². The predicted octanol–water partition coefficient (Wildman–Crippen LogP) is 0.604. The maximum absolute atomic E-state index is 11.8. The summed E-state index contributed by atoms with van der Waals surface area (Å²) in [6, 6.07) is 0. The minimum atomic E-state index is -0.866. The summed E-state index contributed by atoms with van der Waals surface area (Å²) in [6.45, 7) is 8.84. The number of piperazine rings is 1. The van der Waals surface area contributed by atoms with Crippen molar-refractivity contribution in [2.24, 2.45) is 5.92 Å². The fourth-order valence-electron chi connectivity index (χ4n) is 2.01. The van der Waals surface area contributed by atoms with Gasteiger partial charge in [-0.2, -0.15) is 0 Å². The molecule has 1 N–H and O–H groups in total. The lowest BCUT2D eigenvalue weighted by Gasteiger charge is -2.35. The van der Waals surface area contributed by atoms with Crippen LogP contribution in [-0.4, -0.2) is 71.0 Å². The number of carboxylic acids is 1. The average molecular weight is 274 g/mol. The second kappa shape index (κ2) is 7.63. The smallest absolute Gasteiger partial charge is 0.313 e. The minimum Gasteiger partial charge on any atom is -0.481 e. The first-order valence-corrected chi connectivity index (χ1v) is 7.44. The summed E-state index contributed by atoms with van der Waals surface area (Å²) in [6.07, 6.45) is 0. The molecule has 1 amide bonds. The predicted molar refractivity (Wildman–Crippen MR) is 72.8 cm³/mol. The molecule has 0 bridgehead atoms. The molecule has 1 aliphatic heterocycles. The van der Waals surface area contributed by atoms with Crippen LogP contribution in [0.15, 0.2) is 0 Å². The fraction of sp³-hybridized carbons (Fsp3) is 0.833. The number of hydrogen-bond donors (Lipinski definition) is 1. The molecule has 1 heterocycles. The van der Waals surface area contributed by atoms with Crippen molar-refractivity contribution in [2.75, 3.05) is 44.2 Å². The number of rotatable bonds is 6. The highest BCUT2D eigenvalue weighted by atomic mass is 32.2. The van der Waals surface area contributed by atoms with E-state index in [0.29, 0.717) is 5.92 Å². The number of carbonyl (C=O) groups excluding carboxylic acids is 1. The monoisotopic (exact) mass is 274 g/mol. The molecule has 5 nitrogen and oxygen atoms in total. The molecule has 104 valence electrons. The summed E-state index contributed by atoms with van der Waals surface area (Å²) in [7, 11) is 0. The maximum atomic E-state index is 11.8. The average Bonchev–Trinajstić information content (AvgIpc) is 2.28. The second-order valence-electron chi connectivity index (χ2n) is 4.96. The van der Waals surface area contributed by atoms with E-state index in [1.807, 2.05) is 4.90 Å². The quantitative estimate of drug-likeness (QED) is 0.769. The highest BCUT2D eigenvalue weighted by molar-refractivity contribution is 8.00. The van der Waals surface area contributed by atoms with E-state index < -0.39 is 5.97 Å². The summed E-state index contributed by atoms with van der Waals surface area (Å²) in [4.78, 5) is 26.4. The largest absolute Gasteiger partial charge is 0.481 e. The standard InChI is InChI=1S/C12H22N2O3S/c1-10(2)7-13-3-5-14(6-4-13)11(15)8-18-9-12(16)17/h10H,3-9H2,1-2H3,(H,16,17). The number of carboxylic acid groups (broad SMARTS) is 1. The van der Waals surface area contributed by atoms with Gasteiger partial charge in [0.15, 0.2) is 0 Å². The molecule has 0 aromatic carbocycles. The zero-order valence-electron chi connectivity index (χ0n) is 11.1. The van der Waals surface area contributed by atoms with Crippen molar-refractivity contribution in [1.29, 1.82) is 0 Å². The number of nitrogens with zero attached hydrogens (tertiary/aromatic N) is 2. The van der Waals surface area contributed by atoms with Crippen LogP contribution >= 0.6 is 11.8 Å². The first-order valence-electron chi connectivity index (χ1n) is 6.28. The van der Waals surface area contributed by atoms with E-state index in [0.717, 1.165) is 32.7 Å². The van der Waals surface area contributed by atoms with E-state index in [1.165, 1.54) is 11.8 Å². The number of thioether (sulfide) groups is 1. The molecule has 1 aliphatic rings. The van der Waals surface area contributed by atoms with Crippen LogP contribution in [0.25, 0.3) is 0 Å². The van der Waals surface area contributed by atoms with Gasteiger partial charge in [-0.1, -0.05) is 13.8 Å². The van der Waals surface area contributed by atoms with Crippen molar-refractivity contribution in [3.05, 3.63) is 0 Å². The summed E-state index contributed by atoms with van der Waals surface area (Å²) in [5.74, 6) is 0.119. The molecule has 1 saturated heterocycles. The normalized spacial score (nSPS) is 17.2. The van der Waals surface area contributed by atoms with Crippen LogP contribution in [0.4, 0.5) is 0 Å². The Kier molecular flexibility index (Phi) is 6.49. The van der Waals surface area contributed by atoms with Crippen molar-refractivity contribution in [3.8, 4) is 0 Å². The molecular weight excluding hydrogens is 252 g/mol. The maximum Gasteiger partial charge on any atom is 0.313 e. The second-order valence-corrected chi connectivity index (χ2v) is 5.95. The fourth-order valence-corrected chi connectivity index (χ4v) is 2.65. The molecule has 0 spiro atoms. The lowest BCUT2D eigenvalue weighted by molar-refractivity contribution is -0.133. The molecule has 0 unspecified atom stereocenters. The first-order chi connectivity index (χ1) is 8.49. The Balaban J connectivity index is 2.21. The van der Waals surface area contributed by atoms with Crippen molar-refractivity contribution in [1.82, 2.24) is 9.80 Å². The molecule has 0 radical (unpaired) electrons. The van der Waals surface area contributed by atoms with Crippen LogP contribution in [0, 0.1) is 5.92 Å². The number of carbonyl (C=O) groups is 2. The van der Waals surface area contributed by atoms with Crippen molar-refractivity contribution in [3.63, 3.8) is 0 Å². The van der Waals surface area contributed by atoms with E-state index in [9.17, 15) is 9.59 Å². The van der Waals surface area contributed by atoms with E-state index >= 15 is 0 Å². The summed E-state index contributed by atoms with van der Waals surface area (Å²) < 4.78 is 0. The summed E-state index contributed by atoms with van der Waals surface area (Å²) in [5, 5.41) is 8.50. The van der Waals surface area contributed by atoms with Gasteiger partial charge in [0.1, 0.15) is 0 Å². The highest BCUT2D eigenvalue weighted by Gasteiger charge is 2.21. The van der Waals surface area contributed by atoms with Crippen LogP contribution in [-0.2, 0) is 9.59 Å². The molecular formula is C12H22N2O3S. The van der Waals surface area contributed by atoms with Crippen LogP contribution < -0.4 is 0 Å². The molecule has 1 rings (SSSR count). The van der Waals surface area contributed by atoms with Gasteiger partial charge in [-0.25, -0.2) is 0 Å². The van der Waals surface area contributed by atoms with Crippen molar-refractivity contribution < 1.29 is 14.7 Å². The lowest BCUT2D eigenvalue weighted by atomic mass is 10.2. The van der Waals surface area contributed by atoms with Crippen LogP contribution in [0.5, 0.6) is 0 Å². The van der Waals surface area contributed by atoms with Crippen molar-refractivity contribution >= 4 is 23.6 Å². The Morgan fingerprint density at radius 3 is 2.28 bits per heavy atom. The third-order valence-corrected chi connectivity index (χ3v) is 3.70. The Morgan fingerprint density at radius 1 is 1.17 bits per heavy atom. The summed E-state index contributed by atoms with van der Waals surface area (Å²) >= 11 is 1.17. The molecule has 6 heteroatoms. The van der Waals surface area contributed by atoms with E-state index in [-0.39, 0.29) is 17.4 Å². The van der Waals surface area contributed by atoms with Crippen LogP contribution in [0.1, 0.15) is 13.8 Å². The number of amides is 1. The van der Waals surface area contributed by atoms with Gasteiger partial charge in [0.2, 0.25) is 5.91 Å². The highest BCUT2D eigenvalue weighted by Crippen LogP contribution is 2.08. The Bertz CT molecular complexity index is 289. The van der Waals surface area contributed by atoms with E-state index in [1.54, 1.807) is 0 Å². The van der Waals surface area contributed by atoms with Crippen molar-refractivity contribution in [2.45, 2.75) is 13.8 Å². The summed E-state index contributed by atoms with van der Waals surface area (Å²) in [5.41, 5.74) is 0. The Hall–Kier alpha value is -0.750. The third kappa shape index (κ3) is 5.73. The Morgan fingerprint density at radius 2 is 1.78 bits per heavy atom. The molecule has 0 aromatic rings. The number of hydrogen-bond acceptors (Lipinski definition) is 4. The van der Waals surface area contributed by atoms with Crippen LogP contribution in [0.2, 0.25) is 0 Å². The Labute approximate surface area is 113 Å². The van der Waals surface area contributed by atoms with Gasteiger partial charge >= 0.3 is 5.97 Å². The van der Waals surface area contributed by atoms with Gasteiger partial charge < -0.3 is 10.0 Å². The van der Waals surface area contributed by atoms with Gasteiger partial charge in [0, 0.05) is 32.7 Å². The zero-order chi connectivity index (χ0) is 13.5. The van der Waals surface area contributed by atoms with Gasteiger partial charge in [-0.3, -0.25) is 14.5 Å². The third-order valence-electron chi connectivity index (χ3n) is 2.80. The van der Waals surface area contributed by atoms with E-state index in [4.69, 9.17) is 5.11 Å². The first kappa shape index (κ1) is 15.3. The van der Waals surface area contributed by atoms with Gasteiger partial charge in [0.25, 0.3) is 0 Å². The molecule has 0 aromatic heterocycles. The molecule has 1 fully saturated rings. The molecule has 0 atom stereocenters. The zero-order valence-corrected chi connectivity index (χ0v) is 11.9. The SMILES string of the molecule is CC(C)CN1CCN(C(=O)CSCC(=O)O)CC1. The van der Waals surface area contributed by atoms with Gasteiger partial charge in [-0.15, -0.1) is 11.8 Å². The van der Waals surface area contributed by atoms with E-state index in [2.05, 4.69) is 18.7 Å². The molecule has 0 saturated carbocycles. The lowest BCUT2D eigenvalue weighted by Crippen LogP contribution is -2.50. The number of aliphatic carboxylic acids is 1. The molecule has 18 heavy (non-hydrogen) atoms.